The van der Waals surface area contributed by atoms with Gasteiger partial charge in [-0.3, -0.25) is 9.59 Å². The minimum atomic E-state index is -0.783. The van der Waals surface area contributed by atoms with E-state index in [2.05, 4.69) is 5.32 Å². The lowest BCUT2D eigenvalue weighted by atomic mass is 9.53. The molecule has 0 unspecified atom stereocenters. The molecule has 4 heteroatoms. The molecule has 1 amide bonds. The number of carboxylic acids is 1. The van der Waals surface area contributed by atoms with Gasteiger partial charge in [0.15, 0.2) is 0 Å². The van der Waals surface area contributed by atoms with Crippen molar-refractivity contribution < 1.29 is 14.7 Å². The van der Waals surface area contributed by atoms with Crippen LogP contribution in [0.2, 0.25) is 0 Å². The van der Waals surface area contributed by atoms with E-state index in [4.69, 9.17) is 0 Å². The van der Waals surface area contributed by atoms with E-state index < -0.39 is 11.4 Å². The minimum Gasteiger partial charge on any atom is -0.481 e. The van der Waals surface area contributed by atoms with Crippen LogP contribution in [0.5, 0.6) is 0 Å². The topological polar surface area (TPSA) is 66.4 Å². The van der Waals surface area contributed by atoms with Crippen molar-refractivity contribution in [3.8, 4) is 0 Å². The van der Waals surface area contributed by atoms with E-state index in [1.165, 1.54) is 19.3 Å². The van der Waals surface area contributed by atoms with Crippen LogP contribution < -0.4 is 5.32 Å². The van der Waals surface area contributed by atoms with Gasteiger partial charge in [0.05, 0.1) is 5.41 Å². The van der Waals surface area contributed by atoms with Gasteiger partial charge in [0.25, 0.3) is 0 Å². The quantitative estimate of drug-likeness (QED) is 0.837. The summed E-state index contributed by atoms with van der Waals surface area (Å²) in [6.45, 7) is 0. The van der Waals surface area contributed by atoms with Gasteiger partial charge in [-0.15, -0.1) is 0 Å². The first-order chi connectivity index (χ1) is 9.99. The zero-order valence-corrected chi connectivity index (χ0v) is 12.6. The molecule has 21 heavy (non-hydrogen) atoms. The number of rotatable bonds is 4. The Balaban J connectivity index is 1.44. The first kappa shape index (κ1) is 13.6. The summed E-state index contributed by atoms with van der Waals surface area (Å²) in [5.41, 5.74) is -0.748. The second-order valence-electron chi connectivity index (χ2n) is 8.36. The predicted octanol–water partition coefficient (Wildman–Crippen LogP) is 2.72. The second-order valence-corrected chi connectivity index (χ2v) is 8.36. The molecule has 5 aliphatic rings. The Bertz CT molecular complexity index is 445. The Hall–Kier alpha value is -1.06. The number of carbonyl (C=O) groups excluding carboxylic acids is 1. The first-order valence-electron chi connectivity index (χ1n) is 8.53. The molecule has 4 bridgehead atoms. The fourth-order valence-corrected chi connectivity index (χ4v) is 5.98. The third-order valence-electron chi connectivity index (χ3n) is 6.71. The van der Waals surface area contributed by atoms with Crippen LogP contribution in [0.1, 0.15) is 64.2 Å². The van der Waals surface area contributed by atoms with Gasteiger partial charge in [-0.1, -0.05) is 6.42 Å². The average molecular weight is 291 g/mol. The molecule has 0 saturated heterocycles. The standard InChI is InChI=1S/C17H25NO3/c19-14(10-16(15(20)21)2-1-3-16)18-17-7-11-4-12(8-17)6-13(5-11)9-17/h11-13H,1-10H2,(H,18,19)(H,20,21). The smallest absolute Gasteiger partial charge is 0.310 e. The monoisotopic (exact) mass is 291 g/mol. The number of nitrogens with one attached hydrogen (secondary N) is 1. The maximum Gasteiger partial charge on any atom is 0.310 e. The SMILES string of the molecule is O=C(CC1(C(=O)O)CCC1)NC12CC3CC(CC(C3)C1)C2. The van der Waals surface area contributed by atoms with E-state index in [1.54, 1.807) is 0 Å². The summed E-state index contributed by atoms with van der Waals surface area (Å²) in [6.07, 6.45) is 9.91. The molecule has 0 aromatic carbocycles. The molecule has 116 valence electrons. The van der Waals surface area contributed by atoms with E-state index in [9.17, 15) is 14.7 Å². The lowest BCUT2D eigenvalue weighted by Crippen LogP contribution is -2.60. The zero-order valence-electron chi connectivity index (χ0n) is 12.6. The summed E-state index contributed by atoms with van der Waals surface area (Å²) in [5.74, 6) is 1.60. The molecule has 5 rings (SSSR count). The van der Waals surface area contributed by atoms with E-state index in [0.29, 0.717) is 12.8 Å². The van der Waals surface area contributed by atoms with Crippen LogP contribution in [-0.2, 0) is 9.59 Å². The third-order valence-corrected chi connectivity index (χ3v) is 6.71. The molecule has 0 radical (unpaired) electrons. The summed E-state index contributed by atoms with van der Waals surface area (Å²) in [4.78, 5) is 23.9. The van der Waals surface area contributed by atoms with Crippen molar-refractivity contribution in [2.24, 2.45) is 23.2 Å². The molecule has 0 atom stereocenters. The molecular weight excluding hydrogens is 266 g/mol. The van der Waals surface area contributed by atoms with E-state index in [1.807, 2.05) is 0 Å². The number of aliphatic carboxylic acids is 1. The highest BCUT2D eigenvalue weighted by Gasteiger charge is 2.52. The zero-order chi connectivity index (χ0) is 14.7. The molecule has 5 fully saturated rings. The van der Waals surface area contributed by atoms with Crippen LogP contribution in [0.25, 0.3) is 0 Å². The molecule has 0 aromatic rings. The largest absolute Gasteiger partial charge is 0.481 e. The van der Waals surface area contributed by atoms with Gasteiger partial charge in [0.2, 0.25) is 5.91 Å². The Labute approximate surface area is 125 Å². The fourth-order valence-electron chi connectivity index (χ4n) is 5.98. The van der Waals surface area contributed by atoms with Gasteiger partial charge < -0.3 is 10.4 Å². The molecule has 5 saturated carbocycles. The molecule has 5 aliphatic carbocycles. The Morgan fingerprint density at radius 2 is 1.52 bits per heavy atom. The molecule has 0 spiro atoms. The van der Waals surface area contributed by atoms with Gasteiger partial charge >= 0.3 is 5.97 Å². The minimum absolute atomic E-state index is 0.00920. The van der Waals surface area contributed by atoms with Crippen molar-refractivity contribution in [2.45, 2.75) is 69.7 Å². The molecule has 4 nitrogen and oxygen atoms in total. The summed E-state index contributed by atoms with van der Waals surface area (Å²) in [5, 5.41) is 12.7. The number of hydrogen-bond acceptors (Lipinski definition) is 2. The van der Waals surface area contributed by atoms with Gasteiger partial charge in [0.1, 0.15) is 0 Å². The van der Waals surface area contributed by atoms with Gasteiger partial charge in [-0.2, -0.15) is 0 Å². The third kappa shape index (κ3) is 2.18. The highest BCUT2D eigenvalue weighted by Crippen LogP contribution is 2.55. The second kappa shape index (κ2) is 4.47. The van der Waals surface area contributed by atoms with Crippen molar-refractivity contribution in [3.05, 3.63) is 0 Å². The van der Waals surface area contributed by atoms with E-state index in [0.717, 1.165) is 43.4 Å². The molecule has 0 heterocycles. The summed E-state index contributed by atoms with van der Waals surface area (Å²) in [7, 11) is 0. The summed E-state index contributed by atoms with van der Waals surface area (Å²) >= 11 is 0. The number of amides is 1. The Kier molecular flexibility index (Phi) is 2.89. The van der Waals surface area contributed by atoms with Crippen LogP contribution in [0, 0.1) is 23.2 Å². The normalized spacial score (nSPS) is 42.4. The first-order valence-corrected chi connectivity index (χ1v) is 8.53. The van der Waals surface area contributed by atoms with Crippen LogP contribution in [0.4, 0.5) is 0 Å². The van der Waals surface area contributed by atoms with Crippen molar-refractivity contribution in [2.75, 3.05) is 0 Å². The predicted molar refractivity (Wildman–Crippen MR) is 77.6 cm³/mol. The average Bonchev–Trinajstić information content (AvgIpc) is 2.30. The van der Waals surface area contributed by atoms with Crippen LogP contribution >= 0.6 is 0 Å². The maximum atomic E-state index is 12.5. The van der Waals surface area contributed by atoms with E-state index in [-0.39, 0.29) is 17.9 Å². The molecule has 0 aromatic heterocycles. The van der Waals surface area contributed by atoms with Crippen molar-refractivity contribution in [1.82, 2.24) is 5.32 Å². The molecule has 2 N–H and O–H groups in total. The van der Waals surface area contributed by atoms with Crippen LogP contribution in [0.15, 0.2) is 0 Å². The highest BCUT2D eigenvalue weighted by molar-refractivity contribution is 5.86. The van der Waals surface area contributed by atoms with Crippen molar-refractivity contribution >= 4 is 11.9 Å². The lowest BCUT2D eigenvalue weighted by Gasteiger charge is -2.57. The van der Waals surface area contributed by atoms with E-state index >= 15 is 0 Å². The summed E-state index contributed by atoms with van der Waals surface area (Å²) < 4.78 is 0. The van der Waals surface area contributed by atoms with Crippen molar-refractivity contribution in [3.63, 3.8) is 0 Å². The van der Waals surface area contributed by atoms with Crippen LogP contribution in [0.3, 0.4) is 0 Å². The summed E-state index contributed by atoms with van der Waals surface area (Å²) in [6, 6.07) is 0. The fraction of sp³-hybridized carbons (Fsp3) is 0.882. The maximum absolute atomic E-state index is 12.5. The molecular formula is C17H25NO3. The van der Waals surface area contributed by atoms with Gasteiger partial charge in [0, 0.05) is 12.0 Å². The van der Waals surface area contributed by atoms with Gasteiger partial charge in [-0.25, -0.2) is 0 Å². The Morgan fingerprint density at radius 3 is 1.90 bits per heavy atom. The lowest BCUT2D eigenvalue weighted by molar-refractivity contribution is -0.158. The number of carboxylic acid groups (broad SMARTS) is 1. The number of hydrogen-bond donors (Lipinski definition) is 2. The van der Waals surface area contributed by atoms with Gasteiger partial charge in [-0.05, 0) is 69.1 Å². The van der Waals surface area contributed by atoms with Crippen LogP contribution in [-0.4, -0.2) is 22.5 Å². The Morgan fingerprint density at radius 1 is 1.00 bits per heavy atom. The molecule has 0 aliphatic heterocycles. The number of carbonyl (C=O) groups is 2. The van der Waals surface area contributed by atoms with Crippen molar-refractivity contribution in [1.29, 1.82) is 0 Å². The highest BCUT2D eigenvalue weighted by atomic mass is 16.4.